The molecule has 0 spiro atoms. The molecule has 0 saturated carbocycles. The van der Waals surface area contributed by atoms with Crippen LogP contribution in [0.2, 0.25) is 0 Å². The fourth-order valence-electron chi connectivity index (χ4n) is 2.37. The number of hydrogen-bond donors (Lipinski definition) is 1. The lowest BCUT2D eigenvalue weighted by Crippen LogP contribution is -2.11. The second-order valence-corrected chi connectivity index (χ2v) is 5.93. The van der Waals surface area contributed by atoms with E-state index >= 15 is 0 Å². The summed E-state index contributed by atoms with van der Waals surface area (Å²) in [6, 6.07) is 17.0. The van der Waals surface area contributed by atoms with Crippen LogP contribution in [0.1, 0.15) is 5.56 Å². The van der Waals surface area contributed by atoms with Crippen molar-refractivity contribution in [1.29, 1.82) is 0 Å². The van der Waals surface area contributed by atoms with Crippen molar-refractivity contribution in [2.45, 2.75) is 6.54 Å². The molecule has 0 unspecified atom stereocenters. The maximum atomic E-state index is 3.55. The van der Waals surface area contributed by atoms with Gasteiger partial charge in [-0.1, -0.05) is 30.3 Å². The minimum absolute atomic E-state index is 0.856. The number of nitrogens with zero attached hydrogens (tertiary/aromatic N) is 1. The summed E-state index contributed by atoms with van der Waals surface area (Å²) in [6.45, 7) is 0.856. The molecule has 3 heteroatoms. The Balaban J connectivity index is 1.83. The van der Waals surface area contributed by atoms with Crippen molar-refractivity contribution in [1.82, 2.24) is 0 Å². The van der Waals surface area contributed by atoms with Gasteiger partial charge in [0.1, 0.15) is 0 Å². The van der Waals surface area contributed by atoms with Crippen molar-refractivity contribution in [3.8, 4) is 0 Å². The van der Waals surface area contributed by atoms with E-state index in [-0.39, 0.29) is 0 Å². The van der Waals surface area contributed by atoms with Crippen molar-refractivity contribution < 1.29 is 0 Å². The molecule has 1 heterocycles. The predicted molar refractivity (Wildman–Crippen MR) is 89.9 cm³/mol. The fraction of sp³-hybridized carbons (Fsp3) is 0.176. The van der Waals surface area contributed by atoms with E-state index in [1.165, 1.54) is 27.0 Å². The predicted octanol–water partition coefficient (Wildman–Crippen LogP) is 4.58. The van der Waals surface area contributed by atoms with Gasteiger partial charge in [-0.2, -0.15) is 0 Å². The highest BCUT2D eigenvalue weighted by molar-refractivity contribution is 7.17. The van der Waals surface area contributed by atoms with Gasteiger partial charge in [0.2, 0.25) is 0 Å². The average molecular weight is 282 g/mol. The molecule has 2 nitrogen and oxygen atoms in total. The van der Waals surface area contributed by atoms with Gasteiger partial charge in [0.15, 0.2) is 0 Å². The molecule has 0 aliphatic rings. The van der Waals surface area contributed by atoms with Crippen LogP contribution in [0.3, 0.4) is 0 Å². The molecular weight excluding hydrogens is 264 g/mol. The molecule has 0 atom stereocenters. The van der Waals surface area contributed by atoms with Gasteiger partial charge in [0, 0.05) is 25.3 Å². The first kappa shape index (κ1) is 13.0. The highest BCUT2D eigenvalue weighted by Crippen LogP contribution is 2.28. The molecule has 0 bridgehead atoms. The van der Waals surface area contributed by atoms with Crippen LogP contribution < -0.4 is 10.2 Å². The Morgan fingerprint density at radius 2 is 1.75 bits per heavy atom. The van der Waals surface area contributed by atoms with E-state index in [4.69, 9.17) is 0 Å². The van der Waals surface area contributed by atoms with Crippen molar-refractivity contribution in [3.05, 3.63) is 59.5 Å². The third kappa shape index (κ3) is 2.49. The normalized spacial score (nSPS) is 10.7. The van der Waals surface area contributed by atoms with Gasteiger partial charge in [-0.15, -0.1) is 11.3 Å². The largest absolute Gasteiger partial charge is 0.379 e. The maximum Gasteiger partial charge on any atom is 0.0596 e. The summed E-state index contributed by atoms with van der Waals surface area (Å²) < 4.78 is 1.35. The maximum absolute atomic E-state index is 3.55. The number of benzene rings is 2. The minimum atomic E-state index is 0.856. The van der Waals surface area contributed by atoms with E-state index in [2.05, 4.69) is 78.2 Å². The van der Waals surface area contributed by atoms with E-state index in [1.54, 1.807) is 0 Å². The third-order valence-electron chi connectivity index (χ3n) is 3.42. The van der Waals surface area contributed by atoms with Crippen LogP contribution in [0.5, 0.6) is 0 Å². The minimum Gasteiger partial charge on any atom is -0.379 e. The highest BCUT2D eigenvalue weighted by Gasteiger charge is 2.06. The number of thiophene rings is 1. The summed E-state index contributed by atoms with van der Waals surface area (Å²) in [6.07, 6.45) is 0. The molecule has 102 valence electrons. The van der Waals surface area contributed by atoms with E-state index < -0.39 is 0 Å². The lowest BCUT2D eigenvalue weighted by atomic mass is 10.1. The van der Waals surface area contributed by atoms with Crippen molar-refractivity contribution in [2.24, 2.45) is 0 Å². The Labute approximate surface area is 123 Å². The first-order valence-electron chi connectivity index (χ1n) is 6.71. The van der Waals surface area contributed by atoms with Gasteiger partial charge in [-0.3, -0.25) is 0 Å². The summed E-state index contributed by atoms with van der Waals surface area (Å²) in [7, 11) is 4.14. The second-order valence-electron chi connectivity index (χ2n) is 5.02. The van der Waals surface area contributed by atoms with Crippen LogP contribution in [0, 0.1) is 0 Å². The van der Waals surface area contributed by atoms with E-state index in [9.17, 15) is 0 Å². The number of nitrogens with one attached hydrogen (secondary N) is 1. The number of hydrogen-bond acceptors (Lipinski definition) is 3. The third-order valence-corrected chi connectivity index (χ3v) is 4.43. The fourth-order valence-corrected chi connectivity index (χ4v) is 3.34. The van der Waals surface area contributed by atoms with Crippen molar-refractivity contribution in [3.63, 3.8) is 0 Å². The van der Waals surface area contributed by atoms with E-state index in [0.29, 0.717) is 0 Å². The molecule has 0 fully saturated rings. The first-order valence-corrected chi connectivity index (χ1v) is 7.59. The van der Waals surface area contributed by atoms with Crippen molar-refractivity contribution in [2.75, 3.05) is 24.3 Å². The molecule has 2 aromatic carbocycles. The molecule has 0 aliphatic heterocycles. The first-order chi connectivity index (χ1) is 9.75. The summed E-state index contributed by atoms with van der Waals surface area (Å²) in [5, 5.41) is 7.15. The zero-order chi connectivity index (χ0) is 13.9. The van der Waals surface area contributed by atoms with Crippen LogP contribution >= 0.6 is 11.3 Å². The number of para-hydroxylation sites is 2. The molecule has 0 aliphatic carbocycles. The van der Waals surface area contributed by atoms with Crippen LogP contribution in [-0.2, 0) is 6.54 Å². The molecule has 0 amide bonds. The van der Waals surface area contributed by atoms with Gasteiger partial charge >= 0.3 is 0 Å². The highest BCUT2D eigenvalue weighted by atomic mass is 32.1. The molecule has 1 aromatic heterocycles. The Bertz CT molecular complexity index is 716. The van der Waals surface area contributed by atoms with Gasteiger partial charge in [-0.05, 0) is 34.5 Å². The van der Waals surface area contributed by atoms with Crippen LogP contribution in [-0.4, -0.2) is 14.1 Å². The summed E-state index contributed by atoms with van der Waals surface area (Å²) >= 11 is 1.81. The zero-order valence-corrected chi connectivity index (χ0v) is 12.6. The van der Waals surface area contributed by atoms with E-state index in [1.807, 2.05) is 11.3 Å². The Morgan fingerprint density at radius 1 is 1.00 bits per heavy atom. The molecule has 20 heavy (non-hydrogen) atoms. The summed E-state index contributed by atoms with van der Waals surface area (Å²) in [5.41, 5.74) is 3.75. The molecule has 3 aromatic rings. The summed E-state index contributed by atoms with van der Waals surface area (Å²) in [5.74, 6) is 0. The van der Waals surface area contributed by atoms with Gasteiger partial charge in [-0.25, -0.2) is 0 Å². The second kappa shape index (κ2) is 5.55. The SMILES string of the molecule is CN(C)c1ccccc1NCc1csc2ccccc12. The molecule has 0 saturated heterocycles. The number of fused-ring (bicyclic) bond motifs is 1. The number of anilines is 2. The average Bonchev–Trinajstić information content (AvgIpc) is 2.88. The molecule has 3 rings (SSSR count). The molecular formula is C17H18N2S. The summed E-state index contributed by atoms with van der Waals surface area (Å²) in [4.78, 5) is 2.13. The van der Waals surface area contributed by atoms with E-state index in [0.717, 1.165) is 6.54 Å². The quantitative estimate of drug-likeness (QED) is 0.753. The standard InChI is InChI=1S/C17H18N2S/c1-19(2)16-9-5-4-8-15(16)18-11-13-12-20-17-10-6-3-7-14(13)17/h3-10,12,18H,11H2,1-2H3. The van der Waals surface area contributed by atoms with Crippen LogP contribution in [0.25, 0.3) is 10.1 Å². The smallest absolute Gasteiger partial charge is 0.0596 e. The van der Waals surface area contributed by atoms with Crippen LogP contribution in [0.15, 0.2) is 53.9 Å². The lowest BCUT2D eigenvalue weighted by Gasteiger charge is -2.18. The Morgan fingerprint density at radius 3 is 2.60 bits per heavy atom. The number of rotatable bonds is 4. The lowest BCUT2D eigenvalue weighted by molar-refractivity contribution is 1.11. The Hall–Kier alpha value is -2.00. The monoisotopic (exact) mass is 282 g/mol. The topological polar surface area (TPSA) is 15.3 Å². The van der Waals surface area contributed by atoms with Gasteiger partial charge < -0.3 is 10.2 Å². The van der Waals surface area contributed by atoms with Crippen molar-refractivity contribution >= 4 is 32.8 Å². The zero-order valence-electron chi connectivity index (χ0n) is 11.8. The van der Waals surface area contributed by atoms with Gasteiger partial charge in [0.25, 0.3) is 0 Å². The van der Waals surface area contributed by atoms with Gasteiger partial charge in [0.05, 0.1) is 11.4 Å². The van der Waals surface area contributed by atoms with Crippen LogP contribution in [0.4, 0.5) is 11.4 Å². The molecule has 0 radical (unpaired) electrons. The molecule has 1 N–H and O–H groups in total. The Kier molecular flexibility index (Phi) is 3.61.